The third kappa shape index (κ3) is 1.86. The summed E-state index contributed by atoms with van der Waals surface area (Å²) in [4.78, 5) is 0. The van der Waals surface area contributed by atoms with E-state index >= 15 is 0 Å². The molecule has 1 aromatic carbocycles. The summed E-state index contributed by atoms with van der Waals surface area (Å²) >= 11 is 6.03. The van der Waals surface area contributed by atoms with Crippen LogP contribution in [0.2, 0.25) is 5.02 Å². The first-order valence-electron chi connectivity index (χ1n) is 4.50. The fourth-order valence-corrected chi connectivity index (χ4v) is 1.72. The zero-order chi connectivity index (χ0) is 10.9. The summed E-state index contributed by atoms with van der Waals surface area (Å²) in [5.74, 6) is 0.724. The van der Waals surface area contributed by atoms with Crippen LogP contribution in [0.1, 0.15) is 29.7 Å². The zero-order valence-corrected chi connectivity index (χ0v) is 9.64. The Bertz CT molecular complexity index is 346. The van der Waals surface area contributed by atoms with E-state index < -0.39 is 6.10 Å². The molecule has 0 saturated heterocycles. The maximum atomic E-state index is 9.54. The molecular formula is C11H15ClO2. The average molecular weight is 215 g/mol. The molecule has 0 amide bonds. The van der Waals surface area contributed by atoms with Crippen molar-refractivity contribution < 1.29 is 9.84 Å². The van der Waals surface area contributed by atoms with E-state index in [-0.39, 0.29) is 0 Å². The second-order valence-corrected chi connectivity index (χ2v) is 3.81. The Morgan fingerprint density at radius 3 is 2.36 bits per heavy atom. The Morgan fingerprint density at radius 1 is 1.36 bits per heavy atom. The SMILES string of the molecule is COc1c(C(C)O)cc(Cl)c(C)c1C. The lowest BCUT2D eigenvalue weighted by Crippen LogP contribution is -2.00. The minimum atomic E-state index is -0.568. The Morgan fingerprint density at radius 2 is 1.93 bits per heavy atom. The molecule has 0 aromatic heterocycles. The Hall–Kier alpha value is -0.730. The molecule has 0 heterocycles. The van der Waals surface area contributed by atoms with E-state index in [1.807, 2.05) is 13.8 Å². The Balaban J connectivity index is 3.43. The minimum Gasteiger partial charge on any atom is -0.496 e. The van der Waals surface area contributed by atoms with E-state index in [9.17, 15) is 5.11 Å². The van der Waals surface area contributed by atoms with Crippen molar-refractivity contribution in [1.29, 1.82) is 0 Å². The number of hydrogen-bond donors (Lipinski definition) is 1. The first-order chi connectivity index (χ1) is 6.49. The second-order valence-electron chi connectivity index (χ2n) is 3.41. The van der Waals surface area contributed by atoms with Crippen LogP contribution in [0.15, 0.2) is 6.07 Å². The molecule has 0 fully saturated rings. The van der Waals surface area contributed by atoms with Gasteiger partial charge in [-0.05, 0) is 38.0 Å². The number of aliphatic hydroxyl groups is 1. The molecule has 1 unspecified atom stereocenters. The highest BCUT2D eigenvalue weighted by Crippen LogP contribution is 2.34. The van der Waals surface area contributed by atoms with Gasteiger partial charge in [-0.1, -0.05) is 11.6 Å². The summed E-state index contributed by atoms with van der Waals surface area (Å²) in [6.07, 6.45) is -0.568. The van der Waals surface area contributed by atoms with Crippen LogP contribution in [0.5, 0.6) is 5.75 Å². The van der Waals surface area contributed by atoms with Crippen molar-refractivity contribution in [2.24, 2.45) is 0 Å². The molecule has 0 aliphatic rings. The fourth-order valence-electron chi connectivity index (χ4n) is 1.46. The van der Waals surface area contributed by atoms with Crippen LogP contribution in [0.25, 0.3) is 0 Å². The quantitative estimate of drug-likeness (QED) is 0.820. The minimum absolute atomic E-state index is 0.568. The van der Waals surface area contributed by atoms with E-state index in [0.717, 1.165) is 22.4 Å². The van der Waals surface area contributed by atoms with Crippen LogP contribution in [-0.4, -0.2) is 12.2 Å². The molecule has 1 N–H and O–H groups in total. The van der Waals surface area contributed by atoms with E-state index in [1.165, 1.54) is 0 Å². The van der Waals surface area contributed by atoms with E-state index in [4.69, 9.17) is 16.3 Å². The van der Waals surface area contributed by atoms with Crippen molar-refractivity contribution in [3.05, 3.63) is 27.8 Å². The van der Waals surface area contributed by atoms with Crippen molar-refractivity contribution in [1.82, 2.24) is 0 Å². The van der Waals surface area contributed by atoms with Gasteiger partial charge >= 0.3 is 0 Å². The van der Waals surface area contributed by atoms with Crippen LogP contribution in [0.4, 0.5) is 0 Å². The van der Waals surface area contributed by atoms with Gasteiger partial charge < -0.3 is 9.84 Å². The molecule has 1 rings (SSSR count). The molecule has 0 spiro atoms. The normalized spacial score (nSPS) is 12.7. The maximum Gasteiger partial charge on any atom is 0.127 e. The molecule has 2 nitrogen and oxygen atoms in total. The number of methoxy groups -OCH3 is 1. The number of halogens is 1. The highest BCUT2D eigenvalue weighted by molar-refractivity contribution is 6.31. The molecule has 14 heavy (non-hydrogen) atoms. The summed E-state index contributed by atoms with van der Waals surface area (Å²) in [5.41, 5.74) is 2.71. The van der Waals surface area contributed by atoms with E-state index in [0.29, 0.717) is 5.02 Å². The highest BCUT2D eigenvalue weighted by atomic mass is 35.5. The van der Waals surface area contributed by atoms with Crippen molar-refractivity contribution >= 4 is 11.6 Å². The molecule has 0 saturated carbocycles. The molecule has 1 aromatic rings. The number of rotatable bonds is 2. The van der Waals surface area contributed by atoms with Crippen LogP contribution < -0.4 is 4.74 Å². The van der Waals surface area contributed by atoms with Gasteiger partial charge in [0.1, 0.15) is 5.75 Å². The first-order valence-corrected chi connectivity index (χ1v) is 4.88. The van der Waals surface area contributed by atoms with Crippen molar-refractivity contribution in [2.45, 2.75) is 26.9 Å². The lowest BCUT2D eigenvalue weighted by atomic mass is 10.0. The predicted octanol–water partition coefficient (Wildman–Crippen LogP) is 3.02. The number of benzene rings is 1. The van der Waals surface area contributed by atoms with Crippen molar-refractivity contribution in [3.63, 3.8) is 0 Å². The zero-order valence-electron chi connectivity index (χ0n) is 8.89. The summed E-state index contributed by atoms with van der Waals surface area (Å²) < 4.78 is 5.25. The number of aliphatic hydroxyl groups excluding tert-OH is 1. The summed E-state index contributed by atoms with van der Waals surface area (Å²) in [5, 5.41) is 10.2. The Kier molecular flexibility index (Phi) is 3.40. The van der Waals surface area contributed by atoms with Gasteiger partial charge in [-0.2, -0.15) is 0 Å². The predicted molar refractivity (Wildman–Crippen MR) is 58.1 cm³/mol. The van der Waals surface area contributed by atoms with Crippen molar-refractivity contribution in [2.75, 3.05) is 7.11 Å². The van der Waals surface area contributed by atoms with Crippen molar-refractivity contribution in [3.8, 4) is 5.75 Å². The van der Waals surface area contributed by atoms with Crippen LogP contribution in [-0.2, 0) is 0 Å². The standard InChI is InChI=1S/C11H15ClO2/c1-6-7(2)11(14-4)9(8(3)13)5-10(6)12/h5,8,13H,1-4H3. The second kappa shape index (κ2) is 4.20. The smallest absolute Gasteiger partial charge is 0.127 e. The summed E-state index contributed by atoms with van der Waals surface area (Å²) in [6.45, 7) is 5.57. The molecule has 3 heteroatoms. The van der Waals surface area contributed by atoms with Gasteiger partial charge in [-0.25, -0.2) is 0 Å². The van der Waals surface area contributed by atoms with Gasteiger partial charge in [-0.15, -0.1) is 0 Å². The van der Waals surface area contributed by atoms with Crippen LogP contribution in [0.3, 0.4) is 0 Å². The lowest BCUT2D eigenvalue weighted by molar-refractivity contribution is 0.194. The molecule has 0 aliphatic carbocycles. The van der Waals surface area contributed by atoms with Gasteiger partial charge in [0.2, 0.25) is 0 Å². The summed E-state index contributed by atoms with van der Waals surface area (Å²) in [7, 11) is 1.60. The van der Waals surface area contributed by atoms with E-state index in [1.54, 1.807) is 20.1 Å². The molecule has 0 bridgehead atoms. The third-order valence-corrected chi connectivity index (χ3v) is 2.85. The lowest BCUT2D eigenvalue weighted by Gasteiger charge is -2.16. The van der Waals surface area contributed by atoms with Gasteiger partial charge in [0.15, 0.2) is 0 Å². The van der Waals surface area contributed by atoms with Crippen LogP contribution >= 0.6 is 11.6 Å². The molecule has 1 atom stereocenters. The monoisotopic (exact) mass is 214 g/mol. The molecule has 0 radical (unpaired) electrons. The molecule has 0 aliphatic heterocycles. The average Bonchev–Trinajstić information content (AvgIpc) is 2.13. The summed E-state index contributed by atoms with van der Waals surface area (Å²) in [6, 6.07) is 1.76. The fraction of sp³-hybridized carbons (Fsp3) is 0.455. The molecular weight excluding hydrogens is 200 g/mol. The first kappa shape index (κ1) is 11.3. The van der Waals surface area contributed by atoms with Gasteiger partial charge in [-0.3, -0.25) is 0 Å². The van der Waals surface area contributed by atoms with Gasteiger partial charge in [0.25, 0.3) is 0 Å². The number of ether oxygens (including phenoxy) is 1. The largest absolute Gasteiger partial charge is 0.496 e. The maximum absolute atomic E-state index is 9.54. The van der Waals surface area contributed by atoms with E-state index in [2.05, 4.69) is 0 Å². The topological polar surface area (TPSA) is 29.5 Å². The van der Waals surface area contributed by atoms with Crippen LogP contribution in [0, 0.1) is 13.8 Å². The van der Waals surface area contributed by atoms with Gasteiger partial charge in [0.05, 0.1) is 13.2 Å². The highest BCUT2D eigenvalue weighted by Gasteiger charge is 2.15. The Labute approximate surface area is 89.5 Å². The molecule has 78 valence electrons. The third-order valence-electron chi connectivity index (χ3n) is 2.46. The number of hydrogen-bond acceptors (Lipinski definition) is 2. The van der Waals surface area contributed by atoms with Gasteiger partial charge in [0, 0.05) is 10.6 Å².